The van der Waals surface area contributed by atoms with Crippen molar-refractivity contribution in [1.82, 2.24) is 0 Å². The van der Waals surface area contributed by atoms with Crippen LogP contribution in [0.5, 0.6) is 0 Å². The smallest absolute Gasteiger partial charge is 0.111 e. The van der Waals surface area contributed by atoms with Gasteiger partial charge in [0.05, 0.1) is 24.3 Å². The standard InChI is InChI=1S/C14H17NO5/c15-6-9-3-1-8(2-4-9)5-10-12(17)14(19)13(18)11(7-16)20-10/h1-4,10-14,16-19H,5,7H2/t10-,11-,12+,13-,14-/m1/s1. The van der Waals surface area contributed by atoms with Crippen molar-refractivity contribution in [3.8, 4) is 6.07 Å². The number of aliphatic hydroxyl groups is 4. The van der Waals surface area contributed by atoms with Gasteiger partial charge in [0.1, 0.15) is 24.4 Å². The molecule has 6 nitrogen and oxygen atoms in total. The second kappa shape index (κ2) is 6.31. The van der Waals surface area contributed by atoms with Crippen molar-refractivity contribution in [3.05, 3.63) is 35.4 Å². The highest BCUT2D eigenvalue weighted by atomic mass is 16.5. The molecule has 1 aliphatic heterocycles. The monoisotopic (exact) mass is 279 g/mol. The van der Waals surface area contributed by atoms with Gasteiger partial charge in [0.15, 0.2) is 0 Å². The fourth-order valence-corrected chi connectivity index (χ4v) is 2.29. The Bertz CT molecular complexity index is 481. The summed E-state index contributed by atoms with van der Waals surface area (Å²) in [6.45, 7) is -0.436. The minimum Gasteiger partial charge on any atom is -0.394 e. The number of nitriles is 1. The molecule has 1 aliphatic rings. The van der Waals surface area contributed by atoms with Crippen LogP contribution in [0.3, 0.4) is 0 Å². The van der Waals surface area contributed by atoms with Crippen LogP contribution in [-0.4, -0.2) is 57.6 Å². The van der Waals surface area contributed by atoms with Crippen molar-refractivity contribution in [3.63, 3.8) is 0 Å². The van der Waals surface area contributed by atoms with Crippen LogP contribution >= 0.6 is 0 Å². The third-order valence-electron chi connectivity index (χ3n) is 3.51. The van der Waals surface area contributed by atoms with E-state index in [2.05, 4.69) is 0 Å². The van der Waals surface area contributed by atoms with E-state index in [1.54, 1.807) is 24.3 Å². The number of ether oxygens (including phenoxy) is 1. The fourth-order valence-electron chi connectivity index (χ4n) is 2.29. The third kappa shape index (κ3) is 2.98. The first-order chi connectivity index (χ1) is 9.56. The Kier molecular flexibility index (Phi) is 4.70. The lowest BCUT2D eigenvalue weighted by Gasteiger charge is -2.40. The van der Waals surface area contributed by atoms with Crippen LogP contribution in [0, 0.1) is 11.3 Å². The molecule has 20 heavy (non-hydrogen) atoms. The van der Waals surface area contributed by atoms with E-state index in [0.717, 1.165) is 5.56 Å². The molecule has 0 amide bonds. The molecule has 0 aromatic heterocycles. The van der Waals surface area contributed by atoms with Crippen LogP contribution in [0.2, 0.25) is 0 Å². The largest absolute Gasteiger partial charge is 0.394 e. The van der Waals surface area contributed by atoms with Crippen molar-refractivity contribution in [2.45, 2.75) is 36.9 Å². The van der Waals surface area contributed by atoms with E-state index in [-0.39, 0.29) is 0 Å². The Morgan fingerprint density at radius 2 is 1.60 bits per heavy atom. The van der Waals surface area contributed by atoms with Crippen molar-refractivity contribution < 1.29 is 25.2 Å². The molecule has 1 fully saturated rings. The van der Waals surface area contributed by atoms with Crippen LogP contribution in [0.1, 0.15) is 11.1 Å². The highest BCUT2D eigenvalue weighted by Crippen LogP contribution is 2.23. The average Bonchev–Trinajstić information content (AvgIpc) is 2.48. The van der Waals surface area contributed by atoms with Crippen molar-refractivity contribution >= 4 is 0 Å². The zero-order valence-corrected chi connectivity index (χ0v) is 10.8. The fraction of sp³-hybridized carbons (Fsp3) is 0.500. The van der Waals surface area contributed by atoms with Crippen LogP contribution in [-0.2, 0) is 11.2 Å². The Morgan fingerprint density at radius 3 is 2.15 bits per heavy atom. The van der Waals surface area contributed by atoms with Crippen molar-refractivity contribution in [2.75, 3.05) is 6.61 Å². The number of hydrogen-bond donors (Lipinski definition) is 4. The van der Waals surface area contributed by atoms with Gasteiger partial charge in [0.25, 0.3) is 0 Å². The molecule has 0 spiro atoms. The van der Waals surface area contributed by atoms with Crippen LogP contribution in [0.25, 0.3) is 0 Å². The van der Waals surface area contributed by atoms with E-state index in [1.165, 1.54) is 0 Å². The van der Waals surface area contributed by atoms with Gasteiger partial charge in [-0.05, 0) is 17.7 Å². The van der Waals surface area contributed by atoms with Gasteiger partial charge < -0.3 is 25.2 Å². The number of hydrogen-bond acceptors (Lipinski definition) is 6. The molecule has 0 saturated carbocycles. The summed E-state index contributed by atoms with van der Waals surface area (Å²) >= 11 is 0. The second-order valence-electron chi connectivity index (χ2n) is 4.88. The lowest BCUT2D eigenvalue weighted by Crippen LogP contribution is -2.58. The maximum Gasteiger partial charge on any atom is 0.111 e. The number of rotatable bonds is 3. The summed E-state index contributed by atoms with van der Waals surface area (Å²) < 4.78 is 5.42. The van der Waals surface area contributed by atoms with Gasteiger partial charge in [-0.2, -0.15) is 5.26 Å². The summed E-state index contributed by atoms with van der Waals surface area (Å²) in [4.78, 5) is 0. The van der Waals surface area contributed by atoms with Gasteiger partial charge in [0, 0.05) is 6.42 Å². The van der Waals surface area contributed by atoms with E-state index in [0.29, 0.717) is 12.0 Å². The molecule has 5 atom stereocenters. The zero-order chi connectivity index (χ0) is 14.7. The summed E-state index contributed by atoms with van der Waals surface area (Å²) in [6.07, 6.45) is -5.23. The summed E-state index contributed by atoms with van der Waals surface area (Å²) in [5.74, 6) is 0. The topological polar surface area (TPSA) is 114 Å². The van der Waals surface area contributed by atoms with Gasteiger partial charge in [-0.3, -0.25) is 0 Å². The molecule has 1 heterocycles. The van der Waals surface area contributed by atoms with Gasteiger partial charge in [-0.15, -0.1) is 0 Å². The highest BCUT2D eigenvalue weighted by molar-refractivity contribution is 5.32. The van der Waals surface area contributed by atoms with E-state index >= 15 is 0 Å². The minimum atomic E-state index is -1.36. The predicted octanol–water partition coefficient (Wildman–Crippen LogP) is -1.06. The van der Waals surface area contributed by atoms with Crippen LogP contribution in [0.15, 0.2) is 24.3 Å². The van der Waals surface area contributed by atoms with Crippen LogP contribution < -0.4 is 0 Å². The minimum absolute atomic E-state index is 0.313. The summed E-state index contributed by atoms with van der Waals surface area (Å²) in [7, 11) is 0. The molecule has 1 saturated heterocycles. The second-order valence-corrected chi connectivity index (χ2v) is 4.88. The summed E-state index contributed by atoms with van der Waals surface area (Å²) in [5, 5.41) is 47.1. The SMILES string of the molecule is N#Cc1ccc(C[C@H]2O[C@H](CO)[C@@H](O)[C@H](O)[C@H]2O)cc1. The molecule has 108 valence electrons. The molecule has 4 N–H and O–H groups in total. The average molecular weight is 279 g/mol. The first-order valence-corrected chi connectivity index (χ1v) is 6.36. The summed E-state index contributed by atoms with van der Waals surface area (Å²) in [6, 6.07) is 8.79. The van der Waals surface area contributed by atoms with Gasteiger partial charge >= 0.3 is 0 Å². The normalized spacial score (nSPS) is 33.6. The maximum atomic E-state index is 9.91. The van der Waals surface area contributed by atoms with Crippen molar-refractivity contribution in [1.29, 1.82) is 5.26 Å². The first kappa shape index (κ1) is 14.9. The number of nitrogens with zero attached hydrogens (tertiary/aromatic N) is 1. The molecule has 2 rings (SSSR count). The number of aliphatic hydroxyl groups excluding tert-OH is 4. The molecule has 1 aromatic carbocycles. The van der Waals surface area contributed by atoms with Gasteiger partial charge in [-0.25, -0.2) is 0 Å². The number of benzene rings is 1. The van der Waals surface area contributed by atoms with E-state index in [1.807, 2.05) is 6.07 Å². The lowest BCUT2D eigenvalue weighted by molar-refractivity contribution is -0.228. The molecule has 0 radical (unpaired) electrons. The van der Waals surface area contributed by atoms with Crippen LogP contribution in [0.4, 0.5) is 0 Å². The van der Waals surface area contributed by atoms with E-state index in [4.69, 9.17) is 15.1 Å². The van der Waals surface area contributed by atoms with Crippen molar-refractivity contribution in [2.24, 2.45) is 0 Å². The Labute approximate surface area is 116 Å². The Balaban J connectivity index is 2.09. The molecular weight excluding hydrogens is 262 g/mol. The molecule has 0 unspecified atom stereocenters. The van der Waals surface area contributed by atoms with Gasteiger partial charge in [0.2, 0.25) is 0 Å². The molecule has 6 heteroatoms. The Hall–Kier alpha value is -1.49. The molecule has 0 bridgehead atoms. The van der Waals surface area contributed by atoms with E-state index in [9.17, 15) is 15.3 Å². The van der Waals surface area contributed by atoms with E-state index < -0.39 is 37.1 Å². The first-order valence-electron chi connectivity index (χ1n) is 6.36. The lowest BCUT2D eigenvalue weighted by atomic mass is 9.91. The molecule has 0 aliphatic carbocycles. The van der Waals surface area contributed by atoms with Gasteiger partial charge in [-0.1, -0.05) is 12.1 Å². The third-order valence-corrected chi connectivity index (χ3v) is 3.51. The zero-order valence-electron chi connectivity index (χ0n) is 10.8. The molecule has 1 aromatic rings. The maximum absolute atomic E-state index is 9.91. The predicted molar refractivity (Wildman–Crippen MR) is 68.6 cm³/mol. The Morgan fingerprint density at radius 1 is 1.00 bits per heavy atom. The molecular formula is C14H17NO5. The highest BCUT2D eigenvalue weighted by Gasteiger charge is 2.43. The summed E-state index contributed by atoms with van der Waals surface area (Å²) in [5.41, 5.74) is 1.36. The quantitative estimate of drug-likeness (QED) is 0.561.